The molecule has 0 aromatic heterocycles. The van der Waals surface area contributed by atoms with Crippen molar-refractivity contribution in [2.45, 2.75) is 24.1 Å². The summed E-state index contributed by atoms with van der Waals surface area (Å²) in [6.45, 7) is 0. The molecule has 2 unspecified atom stereocenters. The van der Waals surface area contributed by atoms with E-state index in [1.165, 1.54) is 7.11 Å². The third-order valence-electron chi connectivity index (χ3n) is 3.81. The zero-order chi connectivity index (χ0) is 15.6. The highest BCUT2D eigenvalue weighted by atomic mass is 32.2. The molecule has 2 rings (SSSR count). The molecule has 0 bridgehead atoms. The van der Waals surface area contributed by atoms with Gasteiger partial charge in [0.2, 0.25) is 0 Å². The van der Waals surface area contributed by atoms with E-state index < -0.39 is 27.1 Å². The van der Waals surface area contributed by atoms with Crippen LogP contribution in [-0.2, 0) is 25.8 Å². The Balaban J connectivity index is 2.18. The lowest BCUT2D eigenvalue weighted by molar-refractivity contribution is -0.140. The number of ether oxygens (including phenoxy) is 2. The van der Waals surface area contributed by atoms with Gasteiger partial charge in [-0.1, -0.05) is 6.07 Å². The Labute approximate surface area is 124 Å². The van der Waals surface area contributed by atoms with Crippen molar-refractivity contribution in [3.05, 3.63) is 29.3 Å². The smallest absolute Gasteiger partial charge is 0.306 e. The Bertz CT molecular complexity index is 641. The van der Waals surface area contributed by atoms with E-state index in [1.807, 2.05) is 6.07 Å². The van der Waals surface area contributed by atoms with Crippen LogP contribution in [-0.4, -0.2) is 39.6 Å². The van der Waals surface area contributed by atoms with E-state index in [1.54, 1.807) is 19.2 Å². The molecule has 2 atom stereocenters. The number of benzene rings is 1. The van der Waals surface area contributed by atoms with Crippen LogP contribution in [0, 0.1) is 0 Å². The molecule has 0 radical (unpaired) electrons. The summed E-state index contributed by atoms with van der Waals surface area (Å²) >= 11 is 0. The predicted molar refractivity (Wildman–Crippen MR) is 77.8 cm³/mol. The molecule has 0 amide bonds. The molecule has 21 heavy (non-hydrogen) atoms. The first-order chi connectivity index (χ1) is 9.89. The molecule has 1 aliphatic carbocycles. The molecule has 7 heteroatoms. The third kappa shape index (κ3) is 3.19. The number of sulfone groups is 1. The van der Waals surface area contributed by atoms with Gasteiger partial charge < -0.3 is 15.2 Å². The van der Waals surface area contributed by atoms with Gasteiger partial charge in [-0.05, 0) is 29.7 Å². The molecular weight excluding hydrogens is 294 g/mol. The van der Waals surface area contributed by atoms with Crippen molar-refractivity contribution in [3.63, 3.8) is 0 Å². The van der Waals surface area contributed by atoms with Crippen LogP contribution in [0.15, 0.2) is 18.2 Å². The Morgan fingerprint density at radius 3 is 2.71 bits per heavy atom. The normalized spacial score (nSPS) is 20.9. The number of fused-ring (bicyclic) bond motifs is 1. The summed E-state index contributed by atoms with van der Waals surface area (Å²) in [6.07, 6.45) is 0.214. The number of nitrogens with two attached hydrogens (primary N) is 1. The highest BCUT2D eigenvalue weighted by molar-refractivity contribution is 7.92. The quantitative estimate of drug-likeness (QED) is 0.800. The number of hydrogen-bond acceptors (Lipinski definition) is 6. The van der Waals surface area contributed by atoms with Gasteiger partial charge in [0, 0.05) is 6.04 Å². The van der Waals surface area contributed by atoms with E-state index in [2.05, 4.69) is 4.74 Å². The van der Waals surface area contributed by atoms with Crippen molar-refractivity contribution in [2.75, 3.05) is 20.0 Å². The van der Waals surface area contributed by atoms with Gasteiger partial charge in [0.25, 0.3) is 0 Å². The van der Waals surface area contributed by atoms with E-state index in [4.69, 9.17) is 10.5 Å². The minimum atomic E-state index is -3.47. The highest BCUT2D eigenvalue weighted by Gasteiger charge is 2.39. The zero-order valence-corrected chi connectivity index (χ0v) is 12.9. The van der Waals surface area contributed by atoms with Gasteiger partial charge in [-0.25, -0.2) is 8.42 Å². The van der Waals surface area contributed by atoms with Crippen molar-refractivity contribution in [1.29, 1.82) is 0 Å². The molecule has 1 aliphatic rings. The standard InChI is InChI=1S/C14H19NO5S/c1-19-10-4-3-9-7-12(14(15)11(9)8-10)21(17,18)6-5-13(16)20-2/h3-4,8,12,14H,5-7,15H2,1-2H3. The van der Waals surface area contributed by atoms with E-state index in [-0.39, 0.29) is 12.2 Å². The lowest BCUT2D eigenvalue weighted by atomic mass is 10.1. The summed E-state index contributed by atoms with van der Waals surface area (Å²) < 4.78 is 34.3. The van der Waals surface area contributed by atoms with Gasteiger partial charge in [-0.2, -0.15) is 0 Å². The number of carbonyl (C=O) groups is 1. The summed E-state index contributed by atoms with van der Waals surface area (Å²) in [5.74, 6) is -0.135. The Kier molecular flexibility index (Phi) is 4.53. The SMILES string of the molecule is COC(=O)CCS(=O)(=O)C1Cc2ccc(OC)cc2C1N. The second-order valence-electron chi connectivity index (χ2n) is 5.03. The van der Waals surface area contributed by atoms with Crippen LogP contribution in [0.25, 0.3) is 0 Å². The van der Waals surface area contributed by atoms with Crippen LogP contribution in [0.2, 0.25) is 0 Å². The van der Waals surface area contributed by atoms with Crippen LogP contribution in [0.4, 0.5) is 0 Å². The molecule has 0 heterocycles. The van der Waals surface area contributed by atoms with Gasteiger partial charge in [-0.15, -0.1) is 0 Å². The summed E-state index contributed by atoms with van der Waals surface area (Å²) in [5, 5.41) is -0.704. The molecule has 0 saturated carbocycles. The van der Waals surface area contributed by atoms with Crippen LogP contribution < -0.4 is 10.5 Å². The van der Waals surface area contributed by atoms with Gasteiger partial charge in [0.05, 0.1) is 31.6 Å². The van der Waals surface area contributed by atoms with E-state index in [9.17, 15) is 13.2 Å². The van der Waals surface area contributed by atoms with Crippen LogP contribution in [0.5, 0.6) is 5.75 Å². The Hall–Kier alpha value is -1.60. The fraction of sp³-hybridized carbons (Fsp3) is 0.500. The molecule has 2 N–H and O–H groups in total. The number of rotatable bonds is 5. The third-order valence-corrected chi connectivity index (χ3v) is 5.97. The number of esters is 1. The Morgan fingerprint density at radius 2 is 2.10 bits per heavy atom. The molecule has 116 valence electrons. The first kappa shape index (κ1) is 15.8. The summed E-state index contributed by atoms with van der Waals surface area (Å²) in [7, 11) is -0.685. The average Bonchev–Trinajstić information content (AvgIpc) is 2.82. The summed E-state index contributed by atoms with van der Waals surface area (Å²) in [6, 6.07) is 4.80. The molecule has 1 aromatic rings. The van der Waals surface area contributed by atoms with Gasteiger partial charge in [0.15, 0.2) is 9.84 Å². The second kappa shape index (κ2) is 6.03. The van der Waals surface area contributed by atoms with E-state index in [0.717, 1.165) is 11.1 Å². The lowest BCUT2D eigenvalue weighted by Crippen LogP contribution is -2.33. The van der Waals surface area contributed by atoms with Gasteiger partial charge in [-0.3, -0.25) is 4.79 Å². The van der Waals surface area contributed by atoms with Crippen LogP contribution in [0.3, 0.4) is 0 Å². The maximum atomic E-state index is 12.4. The fourth-order valence-electron chi connectivity index (χ4n) is 2.57. The number of carbonyl (C=O) groups excluding carboxylic acids is 1. The predicted octanol–water partition coefficient (Wildman–Crippen LogP) is 0.598. The lowest BCUT2D eigenvalue weighted by Gasteiger charge is -2.16. The molecule has 0 aliphatic heterocycles. The molecule has 0 spiro atoms. The molecule has 0 fully saturated rings. The monoisotopic (exact) mass is 313 g/mol. The number of methoxy groups -OCH3 is 2. The van der Waals surface area contributed by atoms with Crippen molar-refractivity contribution >= 4 is 15.8 Å². The molecule has 6 nitrogen and oxygen atoms in total. The minimum Gasteiger partial charge on any atom is -0.497 e. The first-order valence-electron chi connectivity index (χ1n) is 6.60. The topological polar surface area (TPSA) is 95.7 Å². The average molecular weight is 313 g/mol. The molecular formula is C14H19NO5S. The second-order valence-corrected chi connectivity index (χ2v) is 7.37. The first-order valence-corrected chi connectivity index (χ1v) is 8.31. The fourth-order valence-corrected chi connectivity index (χ4v) is 4.35. The summed E-state index contributed by atoms with van der Waals surface area (Å²) in [4.78, 5) is 11.1. The largest absolute Gasteiger partial charge is 0.497 e. The van der Waals surface area contributed by atoms with Crippen LogP contribution >= 0.6 is 0 Å². The zero-order valence-electron chi connectivity index (χ0n) is 12.0. The van der Waals surface area contributed by atoms with Crippen molar-refractivity contribution in [2.24, 2.45) is 5.73 Å². The van der Waals surface area contributed by atoms with Crippen molar-refractivity contribution in [1.82, 2.24) is 0 Å². The maximum absolute atomic E-state index is 12.4. The minimum absolute atomic E-state index is 0.151. The van der Waals surface area contributed by atoms with Crippen molar-refractivity contribution < 1.29 is 22.7 Å². The van der Waals surface area contributed by atoms with Gasteiger partial charge >= 0.3 is 5.97 Å². The number of hydrogen-bond donors (Lipinski definition) is 1. The Morgan fingerprint density at radius 1 is 1.38 bits per heavy atom. The highest BCUT2D eigenvalue weighted by Crippen LogP contribution is 2.36. The van der Waals surface area contributed by atoms with Gasteiger partial charge in [0.1, 0.15) is 5.75 Å². The molecule has 0 saturated heterocycles. The van der Waals surface area contributed by atoms with E-state index in [0.29, 0.717) is 12.2 Å². The van der Waals surface area contributed by atoms with E-state index >= 15 is 0 Å². The van der Waals surface area contributed by atoms with Crippen LogP contribution in [0.1, 0.15) is 23.6 Å². The molecule has 1 aromatic carbocycles. The maximum Gasteiger partial charge on any atom is 0.306 e. The summed E-state index contributed by atoms with van der Waals surface area (Å²) in [5.41, 5.74) is 7.79. The van der Waals surface area contributed by atoms with Crippen molar-refractivity contribution in [3.8, 4) is 5.75 Å².